The van der Waals surface area contributed by atoms with Gasteiger partial charge in [0, 0.05) is 36.8 Å². The van der Waals surface area contributed by atoms with Gasteiger partial charge in [0.05, 0.1) is 24.1 Å². The molecule has 0 atom stereocenters. The molecule has 27 heavy (non-hydrogen) atoms. The number of carbonyl (C=O) groups excluding carboxylic acids is 1. The van der Waals surface area contributed by atoms with Crippen LogP contribution < -0.4 is 10.2 Å². The van der Waals surface area contributed by atoms with E-state index < -0.39 is 0 Å². The lowest BCUT2D eigenvalue weighted by atomic mass is 10.1. The highest BCUT2D eigenvalue weighted by molar-refractivity contribution is 5.99. The van der Waals surface area contributed by atoms with Crippen molar-refractivity contribution in [2.24, 2.45) is 0 Å². The van der Waals surface area contributed by atoms with Gasteiger partial charge in [-0.05, 0) is 42.5 Å². The topological polar surface area (TPSA) is 74.2 Å². The van der Waals surface area contributed by atoms with Crippen molar-refractivity contribution in [3.63, 3.8) is 0 Å². The summed E-state index contributed by atoms with van der Waals surface area (Å²) in [7, 11) is 3.76. The van der Waals surface area contributed by atoms with E-state index >= 15 is 0 Å². The molecule has 2 N–H and O–H groups in total. The van der Waals surface area contributed by atoms with Crippen LogP contribution in [0.5, 0.6) is 0 Å². The number of pyridine rings is 1. The number of amides is 1. The number of rotatable bonds is 5. The Bertz CT molecular complexity index is 1080. The van der Waals surface area contributed by atoms with Crippen LogP contribution in [0.1, 0.15) is 16.1 Å². The Hall–Kier alpha value is -3.54. The van der Waals surface area contributed by atoms with Crippen LogP contribution in [-0.2, 0) is 6.54 Å². The molecule has 0 aliphatic rings. The number of nitrogens with one attached hydrogen (secondary N) is 2. The molecule has 0 aliphatic carbocycles. The van der Waals surface area contributed by atoms with Crippen molar-refractivity contribution in [2.75, 3.05) is 19.0 Å². The molecule has 6 heteroatoms. The van der Waals surface area contributed by atoms with Crippen LogP contribution in [0, 0.1) is 0 Å². The molecule has 0 unspecified atom stereocenters. The van der Waals surface area contributed by atoms with Crippen LogP contribution in [0.4, 0.5) is 5.82 Å². The van der Waals surface area contributed by atoms with Gasteiger partial charge >= 0.3 is 0 Å². The van der Waals surface area contributed by atoms with E-state index in [0.717, 1.165) is 22.2 Å². The van der Waals surface area contributed by atoms with Crippen LogP contribution in [0.15, 0.2) is 65.4 Å². The quantitative estimate of drug-likeness (QED) is 0.567. The lowest BCUT2D eigenvalue weighted by Gasteiger charge is -2.17. The van der Waals surface area contributed by atoms with Gasteiger partial charge in [-0.3, -0.25) is 4.79 Å². The third-order valence-corrected chi connectivity index (χ3v) is 4.40. The standard InChI is InChI=1S/C21H20N4O2/c1-25(2)20-17(21(26)23-13-16-4-3-11-27-16)6-8-19(24-20)14-5-7-18-15(12-14)9-10-22-18/h3-12,22H,13H2,1-2H3,(H,23,26). The third kappa shape index (κ3) is 3.42. The first-order chi connectivity index (χ1) is 13.1. The number of anilines is 1. The summed E-state index contributed by atoms with van der Waals surface area (Å²) in [5.74, 6) is 1.15. The van der Waals surface area contributed by atoms with Crippen molar-refractivity contribution in [2.45, 2.75) is 6.54 Å². The Kier molecular flexibility index (Phi) is 4.38. The maximum absolute atomic E-state index is 12.6. The lowest BCUT2D eigenvalue weighted by molar-refractivity contribution is 0.0948. The molecule has 0 fully saturated rings. The van der Waals surface area contributed by atoms with E-state index in [2.05, 4.69) is 16.4 Å². The molecular formula is C21H20N4O2. The normalized spacial score (nSPS) is 10.9. The van der Waals surface area contributed by atoms with Crippen molar-refractivity contribution >= 4 is 22.6 Å². The summed E-state index contributed by atoms with van der Waals surface area (Å²) in [5.41, 5.74) is 3.44. The van der Waals surface area contributed by atoms with Gasteiger partial charge in [-0.15, -0.1) is 0 Å². The van der Waals surface area contributed by atoms with E-state index in [9.17, 15) is 4.79 Å². The minimum atomic E-state index is -0.185. The number of aromatic amines is 1. The number of hydrogen-bond acceptors (Lipinski definition) is 4. The molecule has 4 rings (SSSR count). The van der Waals surface area contributed by atoms with Gasteiger partial charge in [-0.2, -0.15) is 0 Å². The molecule has 0 aliphatic heterocycles. The van der Waals surface area contributed by atoms with Gasteiger partial charge in [-0.1, -0.05) is 6.07 Å². The average molecular weight is 360 g/mol. The number of carbonyl (C=O) groups is 1. The Balaban J connectivity index is 1.64. The number of aromatic nitrogens is 2. The van der Waals surface area contributed by atoms with E-state index in [1.807, 2.05) is 61.6 Å². The second kappa shape index (κ2) is 6.99. The lowest BCUT2D eigenvalue weighted by Crippen LogP contribution is -2.26. The number of fused-ring (bicyclic) bond motifs is 1. The number of hydrogen-bond donors (Lipinski definition) is 2. The maximum atomic E-state index is 12.6. The molecule has 1 amide bonds. The Labute approximate surface area is 156 Å². The van der Waals surface area contributed by atoms with E-state index in [1.165, 1.54) is 0 Å². The van der Waals surface area contributed by atoms with Crippen LogP contribution in [0.2, 0.25) is 0 Å². The van der Waals surface area contributed by atoms with Crippen LogP contribution in [0.25, 0.3) is 22.2 Å². The monoisotopic (exact) mass is 360 g/mol. The van der Waals surface area contributed by atoms with E-state index in [-0.39, 0.29) is 5.91 Å². The number of benzene rings is 1. The molecule has 3 heterocycles. The Morgan fingerprint density at radius 2 is 2.07 bits per heavy atom. The van der Waals surface area contributed by atoms with Crippen LogP contribution in [0.3, 0.4) is 0 Å². The Morgan fingerprint density at radius 3 is 2.85 bits per heavy atom. The molecular weight excluding hydrogens is 340 g/mol. The highest BCUT2D eigenvalue weighted by atomic mass is 16.3. The Morgan fingerprint density at radius 1 is 1.19 bits per heavy atom. The molecule has 3 aromatic heterocycles. The maximum Gasteiger partial charge on any atom is 0.255 e. The molecule has 4 aromatic rings. The fourth-order valence-corrected chi connectivity index (χ4v) is 3.02. The number of H-pyrrole nitrogens is 1. The van der Waals surface area contributed by atoms with E-state index in [4.69, 9.17) is 9.40 Å². The van der Waals surface area contributed by atoms with Crippen LogP contribution in [-0.4, -0.2) is 30.0 Å². The van der Waals surface area contributed by atoms with Gasteiger partial charge in [0.15, 0.2) is 0 Å². The van der Waals surface area contributed by atoms with Gasteiger partial charge in [0.25, 0.3) is 5.91 Å². The highest BCUT2D eigenvalue weighted by Gasteiger charge is 2.16. The zero-order valence-corrected chi connectivity index (χ0v) is 15.2. The minimum Gasteiger partial charge on any atom is -0.467 e. The zero-order chi connectivity index (χ0) is 18.8. The smallest absolute Gasteiger partial charge is 0.255 e. The predicted molar refractivity (Wildman–Crippen MR) is 106 cm³/mol. The molecule has 0 saturated heterocycles. The SMILES string of the molecule is CN(C)c1nc(-c2ccc3[nH]ccc3c2)ccc1C(=O)NCc1ccco1. The molecule has 136 valence electrons. The summed E-state index contributed by atoms with van der Waals surface area (Å²) in [5, 5.41) is 4.00. The van der Waals surface area contributed by atoms with E-state index in [0.29, 0.717) is 23.7 Å². The third-order valence-electron chi connectivity index (χ3n) is 4.40. The molecule has 0 radical (unpaired) electrons. The summed E-state index contributed by atoms with van der Waals surface area (Å²) < 4.78 is 5.26. The van der Waals surface area contributed by atoms with Gasteiger partial charge in [0.1, 0.15) is 11.6 Å². The van der Waals surface area contributed by atoms with Crippen molar-refractivity contribution in [3.05, 3.63) is 72.3 Å². The number of furan rings is 1. The van der Waals surface area contributed by atoms with Crippen LogP contribution >= 0.6 is 0 Å². The largest absolute Gasteiger partial charge is 0.467 e. The molecule has 1 aromatic carbocycles. The average Bonchev–Trinajstić information content (AvgIpc) is 3.36. The highest BCUT2D eigenvalue weighted by Crippen LogP contribution is 2.26. The fourth-order valence-electron chi connectivity index (χ4n) is 3.02. The summed E-state index contributed by atoms with van der Waals surface area (Å²) in [6.45, 7) is 0.338. The van der Waals surface area contributed by atoms with Crippen molar-refractivity contribution in [1.29, 1.82) is 0 Å². The van der Waals surface area contributed by atoms with Crippen molar-refractivity contribution in [3.8, 4) is 11.3 Å². The molecule has 6 nitrogen and oxygen atoms in total. The van der Waals surface area contributed by atoms with Gasteiger partial charge < -0.3 is 19.6 Å². The zero-order valence-electron chi connectivity index (χ0n) is 15.2. The van der Waals surface area contributed by atoms with E-state index in [1.54, 1.807) is 12.3 Å². The summed E-state index contributed by atoms with van der Waals surface area (Å²) in [6, 6.07) is 15.5. The predicted octanol–water partition coefficient (Wildman–Crippen LogP) is 3.82. The second-order valence-electron chi connectivity index (χ2n) is 6.50. The first kappa shape index (κ1) is 16.9. The summed E-state index contributed by atoms with van der Waals surface area (Å²) in [4.78, 5) is 22.4. The molecule has 0 bridgehead atoms. The second-order valence-corrected chi connectivity index (χ2v) is 6.50. The van der Waals surface area contributed by atoms with Crippen molar-refractivity contribution < 1.29 is 9.21 Å². The first-order valence-corrected chi connectivity index (χ1v) is 8.68. The summed E-state index contributed by atoms with van der Waals surface area (Å²) in [6.07, 6.45) is 3.50. The minimum absolute atomic E-state index is 0.185. The molecule has 0 saturated carbocycles. The molecule has 0 spiro atoms. The number of nitrogens with zero attached hydrogens (tertiary/aromatic N) is 2. The fraction of sp³-hybridized carbons (Fsp3) is 0.143. The van der Waals surface area contributed by atoms with Gasteiger partial charge in [0.2, 0.25) is 0 Å². The summed E-state index contributed by atoms with van der Waals surface area (Å²) >= 11 is 0. The van der Waals surface area contributed by atoms with Crippen molar-refractivity contribution in [1.82, 2.24) is 15.3 Å². The van der Waals surface area contributed by atoms with Gasteiger partial charge in [-0.25, -0.2) is 4.98 Å². The first-order valence-electron chi connectivity index (χ1n) is 8.68.